The minimum Gasteiger partial charge on any atom is -0.481 e. The van der Waals surface area contributed by atoms with E-state index in [1.807, 2.05) is 0 Å². The number of carbonyl (C=O) groups is 1. The van der Waals surface area contributed by atoms with Gasteiger partial charge < -0.3 is 5.11 Å². The van der Waals surface area contributed by atoms with E-state index in [0.717, 1.165) is 51.0 Å². The summed E-state index contributed by atoms with van der Waals surface area (Å²) < 4.78 is 2.40. The molecule has 0 saturated heterocycles. The Kier molecular flexibility index (Phi) is 5.42. The molecule has 0 bridgehead atoms. The van der Waals surface area contributed by atoms with Gasteiger partial charge in [-0.2, -0.15) is 5.10 Å². The van der Waals surface area contributed by atoms with E-state index in [2.05, 4.69) is 65.4 Å². The molecule has 1 heterocycles. The zero-order valence-electron chi connectivity index (χ0n) is 25.6. The number of hydrogen-bond acceptors (Lipinski definition) is 2. The lowest BCUT2D eigenvalue weighted by atomic mass is 9.33. The lowest BCUT2D eigenvalue weighted by Gasteiger charge is -2.70. The Morgan fingerprint density at radius 3 is 2.44 bits per heavy atom. The number of carboxylic acid groups (broad SMARTS) is 1. The quantitative estimate of drug-likeness (QED) is 0.401. The van der Waals surface area contributed by atoms with E-state index in [-0.39, 0.29) is 27.6 Å². The summed E-state index contributed by atoms with van der Waals surface area (Å²) in [6.07, 6.45) is 16.2. The number of allylic oxidation sites excluding steroid dienone is 2. The molecule has 0 unspecified atom stereocenters. The van der Waals surface area contributed by atoms with Crippen LogP contribution in [0, 0.1) is 57.2 Å². The maximum Gasteiger partial charge on any atom is 0.310 e. The van der Waals surface area contributed by atoms with Gasteiger partial charge in [0, 0.05) is 17.7 Å². The lowest BCUT2D eigenvalue weighted by molar-refractivity contribution is -0.179. The third-order valence-corrected chi connectivity index (χ3v) is 14.8. The third-order valence-electron chi connectivity index (χ3n) is 14.8. The molecule has 9 atom stereocenters. The predicted molar refractivity (Wildman–Crippen MR) is 155 cm³/mol. The molecule has 214 valence electrons. The Labute approximate surface area is 236 Å². The van der Waals surface area contributed by atoms with Gasteiger partial charge in [0.1, 0.15) is 0 Å². The van der Waals surface area contributed by atoms with E-state index in [1.165, 1.54) is 36.9 Å². The SMILES string of the molecule is C[C@H]1[C@H](C)CC[C@]2(C(=O)O)CC[C@]3(C)C(=CC[C@@H]4[C@@]5(C)Cc6cnn(CC7CC7)c6C(C)(C)[C@@H]5CC[C@]43C)[C@H]12. The molecule has 39 heavy (non-hydrogen) atoms. The summed E-state index contributed by atoms with van der Waals surface area (Å²) in [4.78, 5) is 13.0. The molecule has 6 aliphatic rings. The number of aromatic nitrogens is 2. The van der Waals surface area contributed by atoms with Gasteiger partial charge in [0.05, 0.1) is 11.6 Å². The molecule has 0 spiro atoms. The van der Waals surface area contributed by atoms with Crippen LogP contribution in [-0.4, -0.2) is 20.9 Å². The zero-order chi connectivity index (χ0) is 27.8. The van der Waals surface area contributed by atoms with Crippen LogP contribution in [0.25, 0.3) is 0 Å². The van der Waals surface area contributed by atoms with Gasteiger partial charge in [0.15, 0.2) is 0 Å². The van der Waals surface area contributed by atoms with E-state index in [4.69, 9.17) is 5.10 Å². The Morgan fingerprint density at radius 2 is 1.74 bits per heavy atom. The summed E-state index contributed by atoms with van der Waals surface area (Å²) in [7, 11) is 0. The number of aliphatic carboxylic acids is 1. The zero-order valence-corrected chi connectivity index (χ0v) is 25.6. The highest BCUT2D eigenvalue weighted by atomic mass is 16.4. The van der Waals surface area contributed by atoms with Crippen molar-refractivity contribution in [2.45, 2.75) is 125 Å². The van der Waals surface area contributed by atoms with Crippen LogP contribution < -0.4 is 0 Å². The van der Waals surface area contributed by atoms with E-state index in [1.54, 1.807) is 5.57 Å². The maximum atomic E-state index is 13.0. The van der Waals surface area contributed by atoms with Crippen LogP contribution in [-0.2, 0) is 23.2 Å². The molecule has 0 aliphatic heterocycles. The lowest BCUT2D eigenvalue weighted by Crippen LogP contribution is -2.65. The predicted octanol–water partition coefficient (Wildman–Crippen LogP) is 8.05. The average Bonchev–Trinajstić information content (AvgIpc) is 3.59. The minimum absolute atomic E-state index is 0.0827. The summed E-state index contributed by atoms with van der Waals surface area (Å²) in [5.74, 6) is 2.79. The highest BCUT2D eigenvalue weighted by Crippen LogP contribution is 2.75. The second-order valence-corrected chi connectivity index (χ2v) is 16.7. The van der Waals surface area contributed by atoms with Gasteiger partial charge in [-0.1, -0.05) is 60.1 Å². The molecule has 4 nitrogen and oxygen atoms in total. The topological polar surface area (TPSA) is 55.1 Å². The number of rotatable bonds is 3. The highest BCUT2D eigenvalue weighted by Gasteiger charge is 2.69. The summed E-state index contributed by atoms with van der Waals surface area (Å²) in [6, 6.07) is 0. The highest BCUT2D eigenvalue weighted by molar-refractivity contribution is 5.76. The van der Waals surface area contributed by atoms with Crippen molar-refractivity contribution < 1.29 is 9.90 Å². The molecule has 1 aromatic heterocycles. The smallest absolute Gasteiger partial charge is 0.310 e. The Hall–Kier alpha value is -1.58. The van der Waals surface area contributed by atoms with Gasteiger partial charge in [-0.3, -0.25) is 9.48 Å². The van der Waals surface area contributed by atoms with Crippen LogP contribution in [0.5, 0.6) is 0 Å². The monoisotopic (exact) mass is 532 g/mol. The van der Waals surface area contributed by atoms with Crippen molar-refractivity contribution in [1.29, 1.82) is 0 Å². The van der Waals surface area contributed by atoms with Crippen molar-refractivity contribution in [3.8, 4) is 0 Å². The average molecular weight is 533 g/mol. The van der Waals surface area contributed by atoms with E-state index in [9.17, 15) is 9.90 Å². The van der Waals surface area contributed by atoms with Gasteiger partial charge in [0.25, 0.3) is 0 Å². The van der Waals surface area contributed by atoms with Crippen LogP contribution in [0.2, 0.25) is 0 Å². The summed E-state index contributed by atoms with van der Waals surface area (Å²) in [5, 5.41) is 15.7. The van der Waals surface area contributed by atoms with E-state index >= 15 is 0 Å². The first-order chi connectivity index (χ1) is 18.3. The van der Waals surface area contributed by atoms with E-state index < -0.39 is 11.4 Å². The molecular weight excluding hydrogens is 480 g/mol. The largest absolute Gasteiger partial charge is 0.481 e. The van der Waals surface area contributed by atoms with Crippen molar-refractivity contribution in [2.75, 3.05) is 0 Å². The second kappa shape index (κ2) is 8.03. The van der Waals surface area contributed by atoms with Crippen LogP contribution in [0.15, 0.2) is 17.8 Å². The minimum atomic E-state index is -0.556. The molecule has 1 aromatic rings. The summed E-state index contributed by atoms with van der Waals surface area (Å²) >= 11 is 0. The first-order valence-electron chi connectivity index (χ1n) is 16.3. The molecule has 1 N–H and O–H groups in total. The van der Waals surface area contributed by atoms with Crippen LogP contribution in [0.4, 0.5) is 0 Å². The fourth-order valence-corrected chi connectivity index (χ4v) is 12.2. The van der Waals surface area contributed by atoms with Gasteiger partial charge in [-0.25, -0.2) is 0 Å². The molecule has 6 aliphatic carbocycles. The van der Waals surface area contributed by atoms with Crippen LogP contribution in [0.1, 0.15) is 118 Å². The number of nitrogens with zero attached hydrogens (tertiary/aromatic N) is 2. The standard InChI is InChI=1S/C35H52N2O2/c1-21-12-15-35(30(38)39)17-16-33(6)25(28(35)22(21)2)10-11-27-32(5)18-24-19-36-37(20-23-8-9-23)29(24)31(3,4)26(32)13-14-34(27,33)7/h10,19,21-23,26-28H,8-9,11-18,20H2,1-7H3,(H,38,39)/t21-,22+,26+,27-,28+,32+,33-,34-,35+/m1/s1. The van der Waals surface area contributed by atoms with Crippen molar-refractivity contribution >= 4 is 5.97 Å². The molecule has 0 amide bonds. The Bertz CT molecular complexity index is 1240. The van der Waals surface area contributed by atoms with Crippen molar-refractivity contribution in [1.82, 2.24) is 9.78 Å². The molecule has 4 fully saturated rings. The molecule has 0 radical (unpaired) electrons. The third kappa shape index (κ3) is 3.18. The first kappa shape index (κ1) is 26.3. The molecule has 4 heteroatoms. The maximum absolute atomic E-state index is 13.0. The number of hydrogen-bond donors (Lipinski definition) is 1. The normalized spacial score (nSPS) is 48.1. The molecular formula is C35H52N2O2. The fraction of sp³-hybridized carbons (Fsp3) is 0.829. The van der Waals surface area contributed by atoms with Gasteiger partial charge in [0.2, 0.25) is 0 Å². The van der Waals surface area contributed by atoms with Crippen molar-refractivity contribution in [2.24, 2.45) is 57.2 Å². The second-order valence-electron chi connectivity index (χ2n) is 16.7. The number of carboxylic acids is 1. The Balaban J connectivity index is 1.31. The van der Waals surface area contributed by atoms with Gasteiger partial charge in [-0.15, -0.1) is 0 Å². The molecule has 0 aromatic carbocycles. The van der Waals surface area contributed by atoms with Crippen LogP contribution >= 0.6 is 0 Å². The fourth-order valence-electron chi connectivity index (χ4n) is 12.2. The van der Waals surface area contributed by atoms with Crippen LogP contribution in [0.3, 0.4) is 0 Å². The van der Waals surface area contributed by atoms with Gasteiger partial charge >= 0.3 is 5.97 Å². The number of fused-ring (bicyclic) bond motifs is 8. The molecule has 4 saturated carbocycles. The van der Waals surface area contributed by atoms with E-state index in [0.29, 0.717) is 23.7 Å². The summed E-state index contributed by atoms with van der Waals surface area (Å²) in [5.41, 5.74) is 4.67. The van der Waals surface area contributed by atoms with Gasteiger partial charge in [-0.05, 0) is 122 Å². The summed E-state index contributed by atoms with van der Waals surface area (Å²) in [6.45, 7) is 18.7. The van der Waals surface area contributed by atoms with Crippen molar-refractivity contribution in [3.05, 3.63) is 29.1 Å². The first-order valence-corrected chi connectivity index (χ1v) is 16.3. The van der Waals surface area contributed by atoms with Crippen molar-refractivity contribution in [3.63, 3.8) is 0 Å². The molecule has 7 rings (SSSR count). The Morgan fingerprint density at radius 1 is 1.00 bits per heavy atom.